The molecule has 0 saturated carbocycles. The van der Waals surface area contributed by atoms with Gasteiger partial charge in [-0.2, -0.15) is 0 Å². The van der Waals surface area contributed by atoms with Crippen LogP contribution in [0.4, 0.5) is 0 Å². The van der Waals surface area contributed by atoms with E-state index in [1.54, 1.807) is 22.8 Å². The maximum absolute atomic E-state index is 13.4. The minimum Gasteiger partial charge on any atom is -0.326 e. The van der Waals surface area contributed by atoms with Crippen LogP contribution in [-0.2, 0) is 13.1 Å². The van der Waals surface area contributed by atoms with Gasteiger partial charge in [-0.1, -0.05) is 60.1 Å². The zero-order chi connectivity index (χ0) is 19.7. The molecule has 4 nitrogen and oxygen atoms in total. The molecule has 0 amide bonds. The predicted octanol–water partition coefficient (Wildman–Crippen LogP) is 4.53. The number of hydrogen-bond acceptors (Lipinski definition) is 3. The van der Waals surface area contributed by atoms with Gasteiger partial charge >= 0.3 is 0 Å². The third kappa shape index (κ3) is 3.44. The Balaban J connectivity index is 1.98. The highest BCUT2D eigenvalue weighted by atomic mass is 35.5. The van der Waals surface area contributed by atoms with Crippen molar-refractivity contribution in [1.82, 2.24) is 9.55 Å². The summed E-state index contributed by atoms with van der Waals surface area (Å²) in [7, 11) is 0. The minimum absolute atomic E-state index is 0.107. The summed E-state index contributed by atoms with van der Waals surface area (Å²) in [5, 5.41) is 1.03. The van der Waals surface area contributed by atoms with Crippen LogP contribution in [-0.4, -0.2) is 9.55 Å². The molecule has 0 aliphatic rings. The van der Waals surface area contributed by atoms with Crippen LogP contribution in [0, 0.1) is 6.92 Å². The SMILES string of the molecule is Cc1ccccc1-c1nc2ccc(Cl)cc2c(=O)n1Cc1cccc(CN)c1. The second-order valence-electron chi connectivity index (χ2n) is 6.83. The van der Waals surface area contributed by atoms with Gasteiger partial charge in [0.1, 0.15) is 5.82 Å². The number of fused-ring (bicyclic) bond motifs is 1. The molecule has 28 heavy (non-hydrogen) atoms. The van der Waals surface area contributed by atoms with Crippen LogP contribution in [0.3, 0.4) is 0 Å². The average molecular weight is 390 g/mol. The molecular weight excluding hydrogens is 370 g/mol. The molecule has 4 rings (SSSR count). The van der Waals surface area contributed by atoms with Gasteiger partial charge in [-0.25, -0.2) is 4.98 Å². The normalized spacial score (nSPS) is 11.1. The molecule has 0 unspecified atom stereocenters. The molecule has 4 aromatic rings. The molecule has 2 N–H and O–H groups in total. The Morgan fingerprint density at radius 1 is 1.00 bits per heavy atom. The number of halogens is 1. The molecule has 1 heterocycles. The first-order valence-electron chi connectivity index (χ1n) is 9.11. The lowest BCUT2D eigenvalue weighted by Gasteiger charge is -2.16. The maximum atomic E-state index is 13.4. The maximum Gasteiger partial charge on any atom is 0.262 e. The summed E-state index contributed by atoms with van der Waals surface area (Å²) in [6.45, 7) is 2.89. The Hall–Kier alpha value is -2.95. The van der Waals surface area contributed by atoms with Crippen LogP contribution in [0.15, 0.2) is 71.5 Å². The molecule has 5 heteroatoms. The number of nitrogens with zero attached hydrogens (tertiary/aromatic N) is 2. The fourth-order valence-electron chi connectivity index (χ4n) is 3.41. The van der Waals surface area contributed by atoms with Gasteiger partial charge in [0.05, 0.1) is 17.4 Å². The van der Waals surface area contributed by atoms with E-state index in [2.05, 4.69) is 0 Å². The van der Waals surface area contributed by atoms with E-state index in [0.717, 1.165) is 22.3 Å². The largest absolute Gasteiger partial charge is 0.326 e. The molecule has 0 saturated heterocycles. The highest BCUT2D eigenvalue weighted by molar-refractivity contribution is 6.31. The van der Waals surface area contributed by atoms with Gasteiger partial charge in [0.15, 0.2) is 0 Å². The predicted molar refractivity (Wildman–Crippen MR) is 115 cm³/mol. The second-order valence-corrected chi connectivity index (χ2v) is 7.26. The third-order valence-corrected chi connectivity index (χ3v) is 5.11. The number of rotatable bonds is 4. The monoisotopic (exact) mass is 389 g/mol. The summed E-state index contributed by atoms with van der Waals surface area (Å²) in [5.74, 6) is 0.649. The Labute approximate surface area is 168 Å². The van der Waals surface area contributed by atoms with E-state index in [0.29, 0.717) is 34.8 Å². The van der Waals surface area contributed by atoms with Crippen molar-refractivity contribution in [2.24, 2.45) is 5.73 Å². The van der Waals surface area contributed by atoms with Gasteiger partial charge in [0, 0.05) is 17.1 Å². The average Bonchev–Trinajstić information content (AvgIpc) is 2.71. The van der Waals surface area contributed by atoms with Gasteiger partial charge in [-0.15, -0.1) is 0 Å². The van der Waals surface area contributed by atoms with E-state index in [1.807, 2.05) is 55.5 Å². The summed E-state index contributed by atoms with van der Waals surface area (Å²) < 4.78 is 1.72. The summed E-state index contributed by atoms with van der Waals surface area (Å²) in [5.41, 5.74) is 10.3. The van der Waals surface area contributed by atoms with Crippen LogP contribution in [0.1, 0.15) is 16.7 Å². The van der Waals surface area contributed by atoms with Crippen molar-refractivity contribution in [3.8, 4) is 11.4 Å². The fourth-order valence-corrected chi connectivity index (χ4v) is 3.58. The van der Waals surface area contributed by atoms with Gasteiger partial charge < -0.3 is 5.73 Å². The molecule has 140 valence electrons. The first kappa shape index (κ1) is 18.4. The van der Waals surface area contributed by atoms with E-state index in [9.17, 15) is 4.79 Å². The lowest BCUT2D eigenvalue weighted by atomic mass is 10.1. The topological polar surface area (TPSA) is 60.9 Å². The molecule has 0 atom stereocenters. The number of hydrogen-bond donors (Lipinski definition) is 1. The molecule has 0 radical (unpaired) electrons. The number of benzene rings is 3. The lowest BCUT2D eigenvalue weighted by Crippen LogP contribution is -2.24. The third-order valence-electron chi connectivity index (χ3n) is 4.87. The standard InChI is InChI=1S/C23H20ClN3O/c1-15-5-2-3-8-19(15)22-26-21-10-9-18(24)12-20(21)23(28)27(22)14-17-7-4-6-16(11-17)13-25/h2-12H,13-14,25H2,1H3. The molecule has 0 aliphatic carbocycles. The highest BCUT2D eigenvalue weighted by Gasteiger charge is 2.15. The minimum atomic E-state index is -0.107. The molecule has 0 fully saturated rings. The van der Waals surface area contributed by atoms with Crippen molar-refractivity contribution in [3.05, 3.63) is 98.8 Å². The van der Waals surface area contributed by atoms with Gasteiger partial charge in [0.25, 0.3) is 5.56 Å². The summed E-state index contributed by atoms with van der Waals surface area (Å²) in [4.78, 5) is 18.2. The van der Waals surface area contributed by atoms with Gasteiger partial charge in [-0.3, -0.25) is 9.36 Å². The zero-order valence-electron chi connectivity index (χ0n) is 15.5. The summed E-state index contributed by atoms with van der Waals surface area (Å²) in [6.07, 6.45) is 0. The van der Waals surface area contributed by atoms with Crippen LogP contribution in [0.5, 0.6) is 0 Å². The number of aryl methyl sites for hydroxylation is 1. The van der Waals surface area contributed by atoms with Crippen molar-refractivity contribution in [2.45, 2.75) is 20.0 Å². The van der Waals surface area contributed by atoms with Gasteiger partial charge in [-0.05, 0) is 41.8 Å². The van der Waals surface area contributed by atoms with Crippen LogP contribution in [0.25, 0.3) is 22.3 Å². The smallest absolute Gasteiger partial charge is 0.262 e. The Bertz CT molecular complexity index is 1230. The summed E-state index contributed by atoms with van der Waals surface area (Å²) in [6, 6.07) is 21.1. The quantitative estimate of drug-likeness (QED) is 0.557. The number of aromatic nitrogens is 2. The van der Waals surface area contributed by atoms with Crippen LogP contribution >= 0.6 is 11.6 Å². The number of nitrogens with two attached hydrogens (primary N) is 1. The molecule has 0 spiro atoms. The van der Waals surface area contributed by atoms with Crippen molar-refractivity contribution in [1.29, 1.82) is 0 Å². The first-order valence-corrected chi connectivity index (χ1v) is 9.48. The van der Waals surface area contributed by atoms with Crippen LogP contribution in [0.2, 0.25) is 5.02 Å². The van der Waals surface area contributed by atoms with Crippen molar-refractivity contribution >= 4 is 22.5 Å². The molecule has 3 aromatic carbocycles. The van der Waals surface area contributed by atoms with Crippen molar-refractivity contribution in [2.75, 3.05) is 0 Å². The van der Waals surface area contributed by atoms with Crippen molar-refractivity contribution < 1.29 is 0 Å². The van der Waals surface area contributed by atoms with Gasteiger partial charge in [0.2, 0.25) is 0 Å². The van der Waals surface area contributed by atoms with E-state index >= 15 is 0 Å². The first-order chi connectivity index (χ1) is 13.6. The van der Waals surface area contributed by atoms with E-state index in [-0.39, 0.29) is 5.56 Å². The zero-order valence-corrected chi connectivity index (χ0v) is 16.3. The summed E-state index contributed by atoms with van der Waals surface area (Å²) >= 11 is 6.13. The lowest BCUT2D eigenvalue weighted by molar-refractivity contribution is 0.757. The highest BCUT2D eigenvalue weighted by Crippen LogP contribution is 2.24. The Morgan fingerprint density at radius 2 is 1.79 bits per heavy atom. The molecule has 0 bridgehead atoms. The fraction of sp³-hybridized carbons (Fsp3) is 0.130. The molecule has 1 aromatic heterocycles. The second kappa shape index (κ2) is 7.58. The van der Waals surface area contributed by atoms with Crippen LogP contribution < -0.4 is 11.3 Å². The van der Waals surface area contributed by atoms with Crippen molar-refractivity contribution in [3.63, 3.8) is 0 Å². The van der Waals surface area contributed by atoms with E-state index in [1.165, 1.54) is 0 Å². The Morgan fingerprint density at radius 3 is 2.57 bits per heavy atom. The Kier molecular flexibility index (Phi) is 4.99. The van der Waals surface area contributed by atoms with E-state index < -0.39 is 0 Å². The van der Waals surface area contributed by atoms with E-state index in [4.69, 9.17) is 22.3 Å². The molecular formula is C23H20ClN3O. The molecule has 0 aliphatic heterocycles.